The van der Waals surface area contributed by atoms with Gasteiger partial charge in [0.25, 0.3) is 5.91 Å². The predicted molar refractivity (Wildman–Crippen MR) is 128 cm³/mol. The van der Waals surface area contributed by atoms with Crippen molar-refractivity contribution in [2.24, 2.45) is 0 Å². The van der Waals surface area contributed by atoms with Crippen molar-refractivity contribution < 1.29 is 36.5 Å². The van der Waals surface area contributed by atoms with E-state index < -0.39 is 33.4 Å². The van der Waals surface area contributed by atoms with Gasteiger partial charge in [-0.05, 0) is 74.6 Å². The van der Waals surface area contributed by atoms with Gasteiger partial charge in [0, 0.05) is 31.0 Å². The van der Waals surface area contributed by atoms with Gasteiger partial charge < -0.3 is 9.47 Å². The van der Waals surface area contributed by atoms with E-state index in [4.69, 9.17) is 14.3 Å². The van der Waals surface area contributed by atoms with Gasteiger partial charge in [-0.2, -0.15) is 13.2 Å². The number of rotatable bonds is 10. The maximum Gasteiger partial charge on any atom is 0.446 e. The second kappa shape index (κ2) is 12.8. The molecule has 2 fully saturated rings. The third-order valence-electron chi connectivity index (χ3n) is 6.31. The fraction of sp³-hybridized carbons (Fsp3) is 0.696. The molecule has 1 N–H and O–H groups in total. The minimum Gasteiger partial charge on any atom is -0.490 e. The minimum absolute atomic E-state index is 0.0999. The maximum atomic E-state index is 13.5. The summed E-state index contributed by atoms with van der Waals surface area (Å²) in [7, 11) is -1.58. The first-order valence-corrected chi connectivity index (χ1v) is 13.9. The van der Waals surface area contributed by atoms with E-state index in [1.807, 2.05) is 13.8 Å². The average Bonchev–Trinajstić information content (AvgIpc) is 2.85. The first-order chi connectivity index (χ1) is 16.7. The molecule has 198 valence electrons. The van der Waals surface area contributed by atoms with E-state index in [0.29, 0.717) is 57.6 Å². The highest BCUT2D eigenvalue weighted by molar-refractivity contribution is 8.00. The van der Waals surface area contributed by atoms with Crippen molar-refractivity contribution in [2.75, 3.05) is 19.7 Å². The molecule has 2 aliphatic heterocycles. The van der Waals surface area contributed by atoms with Crippen LogP contribution in [0.25, 0.3) is 0 Å². The molecule has 2 heterocycles. The molecule has 0 spiro atoms. The summed E-state index contributed by atoms with van der Waals surface area (Å²) in [5.41, 5.74) is -1.83. The second-order valence-corrected chi connectivity index (χ2v) is 11.5. The van der Waals surface area contributed by atoms with E-state index >= 15 is 0 Å². The number of hydrogen-bond acceptors (Lipinski definition) is 6. The lowest BCUT2D eigenvalue weighted by Crippen LogP contribution is -2.55. The molecular weight excluding hydrogens is 505 g/mol. The summed E-state index contributed by atoms with van der Waals surface area (Å²) in [5, 5.41) is 0. The molecule has 3 rings (SSSR count). The number of ether oxygens (including phenoxy) is 2. The van der Waals surface area contributed by atoms with Crippen molar-refractivity contribution in [3.05, 3.63) is 24.3 Å². The first-order valence-electron chi connectivity index (χ1n) is 11.9. The number of hydrogen-bond donors (Lipinski definition) is 1. The fourth-order valence-electron chi connectivity index (χ4n) is 4.19. The molecule has 2 aliphatic rings. The van der Waals surface area contributed by atoms with Crippen molar-refractivity contribution >= 4 is 28.7 Å². The normalized spacial score (nSPS) is 21.5. The molecule has 0 radical (unpaired) electrons. The van der Waals surface area contributed by atoms with Gasteiger partial charge in [0.2, 0.25) is 0 Å². The van der Waals surface area contributed by atoms with Gasteiger partial charge in [-0.15, -0.1) is 0 Å². The molecule has 2 unspecified atom stereocenters. The summed E-state index contributed by atoms with van der Waals surface area (Å²) in [6, 6.07) is 5.82. The Morgan fingerprint density at radius 3 is 2.34 bits per heavy atom. The molecule has 1 amide bonds. The predicted octanol–water partition coefficient (Wildman–Crippen LogP) is 4.94. The summed E-state index contributed by atoms with van der Waals surface area (Å²) in [6.45, 7) is 5.22. The fourth-order valence-corrected chi connectivity index (χ4v) is 6.46. The zero-order valence-electron chi connectivity index (χ0n) is 20.0. The number of nitrogens with zero attached hydrogens (tertiary/aromatic N) is 1. The number of carbonyl (C=O) groups is 1. The van der Waals surface area contributed by atoms with Crippen LogP contribution in [0.3, 0.4) is 0 Å². The van der Waals surface area contributed by atoms with Gasteiger partial charge in [0.05, 0.1) is 0 Å². The lowest BCUT2D eigenvalue weighted by Gasteiger charge is -2.38. The van der Waals surface area contributed by atoms with Crippen LogP contribution in [-0.4, -0.2) is 56.8 Å². The summed E-state index contributed by atoms with van der Waals surface area (Å²) in [5.74, 6) is 0.0826. The van der Waals surface area contributed by atoms with Crippen LogP contribution in [0.2, 0.25) is 0 Å². The van der Waals surface area contributed by atoms with Crippen LogP contribution in [0.5, 0.6) is 5.75 Å². The zero-order valence-corrected chi connectivity index (χ0v) is 21.6. The van der Waals surface area contributed by atoms with Crippen LogP contribution in [0.4, 0.5) is 13.2 Å². The topological polar surface area (TPSA) is 77.1 Å². The number of nitrogens with one attached hydrogen (secondary N) is 1. The molecule has 7 nitrogen and oxygen atoms in total. The Morgan fingerprint density at radius 1 is 1.14 bits per heavy atom. The Bertz CT molecular complexity index is 839. The molecule has 2 saturated heterocycles. The van der Waals surface area contributed by atoms with Gasteiger partial charge in [-0.1, -0.05) is 13.8 Å². The molecule has 0 aromatic heterocycles. The second-order valence-electron chi connectivity index (χ2n) is 8.56. The minimum atomic E-state index is -4.33. The van der Waals surface area contributed by atoms with Crippen molar-refractivity contribution in [2.45, 2.75) is 86.3 Å². The number of halogens is 3. The van der Waals surface area contributed by atoms with E-state index in [9.17, 15) is 22.2 Å². The standard InChI is InChI=1S/C23H33F3N2O5S2/c1-3-22(4-2,21(29)27-33-20-7-5-6-16-31-20)35(30)28-14-12-18(13-15-28)32-17-8-10-19(11-9-17)34-23(24,25)26/h8-11,18,20H,3-7,12-16H2,1-2H3,(H,27,29). The van der Waals surface area contributed by atoms with Crippen LogP contribution in [0.15, 0.2) is 29.2 Å². The molecular formula is C23H33F3N2O5S2. The molecule has 0 aliphatic carbocycles. The van der Waals surface area contributed by atoms with Crippen molar-refractivity contribution in [1.29, 1.82) is 0 Å². The van der Waals surface area contributed by atoms with E-state index in [2.05, 4.69) is 5.48 Å². The summed E-state index contributed by atoms with van der Waals surface area (Å²) < 4.78 is 63.1. The van der Waals surface area contributed by atoms with Crippen LogP contribution < -0.4 is 10.2 Å². The van der Waals surface area contributed by atoms with E-state index in [-0.39, 0.29) is 22.8 Å². The van der Waals surface area contributed by atoms with Crippen LogP contribution in [0.1, 0.15) is 58.8 Å². The molecule has 12 heteroatoms. The van der Waals surface area contributed by atoms with Crippen molar-refractivity contribution in [3.8, 4) is 5.75 Å². The Kier molecular flexibility index (Phi) is 10.3. The number of piperidine rings is 1. The monoisotopic (exact) mass is 538 g/mol. The van der Waals surface area contributed by atoms with E-state index in [1.165, 1.54) is 24.3 Å². The quantitative estimate of drug-likeness (QED) is 0.336. The number of thioether (sulfide) groups is 1. The number of hydroxylamine groups is 1. The number of carbonyl (C=O) groups excluding carboxylic acids is 1. The molecule has 0 bridgehead atoms. The smallest absolute Gasteiger partial charge is 0.446 e. The third kappa shape index (κ3) is 7.82. The number of amides is 1. The Labute approximate surface area is 211 Å². The van der Waals surface area contributed by atoms with Gasteiger partial charge in [0.15, 0.2) is 6.29 Å². The third-order valence-corrected chi connectivity index (χ3v) is 9.31. The SMILES string of the molecule is CCC(CC)(C(=O)NOC1CCCCO1)S(=O)N1CCC(Oc2ccc(SC(F)(F)F)cc2)CC1. The first kappa shape index (κ1) is 28.2. The Morgan fingerprint density at radius 2 is 1.80 bits per heavy atom. The van der Waals surface area contributed by atoms with Gasteiger partial charge >= 0.3 is 5.51 Å². The van der Waals surface area contributed by atoms with Crippen LogP contribution in [-0.2, 0) is 25.4 Å². The van der Waals surface area contributed by atoms with Crippen LogP contribution >= 0.6 is 11.8 Å². The summed E-state index contributed by atoms with van der Waals surface area (Å²) >= 11 is -0.165. The zero-order chi connectivity index (χ0) is 25.5. The lowest BCUT2D eigenvalue weighted by atomic mass is 10.0. The van der Waals surface area contributed by atoms with E-state index in [1.54, 1.807) is 4.31 Å². The molecule has 1 aromatic rings. The van der Waals surface area contributed by atoms with Crippen LogP contribution in [0, 0.1) is 0 Å². The average molecular weight is 539 g/mol. The largest absolute Gasteiger partial charge is 0.490 e. The lowest BCUT2D eigenvalue weighted by molar-refractivity contribution is -0.201. The Hall–Kier alpha value is -1.34. The van der Waals surface area contributed by atoms with Gasteiger partial charge in [-0.25, -0.2) is 18.8 Å². The summed E-state index contributed by atoms with van der Waals surface area (Å²) in [4.78, 5) is 18.6. The summed E-state index contributed by atoms with van der Waals surface area (Å²) in [6.07, 6.45) is 3.94. The highest BCUT2D eigenvalue weighted by atomic mass is 32.2. The molecule has 35 heavy (non-hydrogen) atoms. The van der Waals surface area contributed by atoms with Gasteiger partial charge in [0.1, 0.15) is 27.6 Å². The van der Waals surface area contributed by atoms with E-state index in [0.717, 1.165) is 12.8 Å². The van der Waals surface area contributed by atoms with Gasteiger partial charge in [-0.3, -0.25) is 4.79 Å². The van der Waals surface area contributed by atoms with Crippen molar-refractivity contribution in [3.63, 3.8) is 0 Å². The molecule has 2 atom stereocenters. The molecule has 1 aromatic carbocycles. The number of alkyl halides is 3. The Balaban J connectivity index is 1.52. The number of benzene rings is 1. The highest BCUT2D eigenvalue weighted by Gasteiger charge is 2.45. The highest BCUT2D eigenvalue weighted by Crippen LogP contribution is 2.37. The van der Waals surface area contributed by atoms with Crippen molar-refractivity contribution in [1.82, 2.24) is 9.79 Å². The molecule has 0 saturated carbocycles. The maximum absolute atomic E-state index is 13.5.